The lowest BCUT2D eigenvalue weighted by Gasteiger charge is -2.34. The van der Waals surface area contributed by atoms with Crippen molar-refractivity contribution in [2.45, 2.75) is 37.6 Å². The molecule has 6 heteroatoms. The van der Waals surface area contributed by atoms with Gasteiger partial charge in [0.1, 0.15) is 6.61 Å². The molecule has 2 amide bonds. The van der Waals surface area contributed by atoms with Gasteiger partial charge in [0.2, 0.25) is 11.8 Å². The topological polar surface area (TPSA) is 58.6 Å². The number of ether oxygens (including phenoxy) is 1. The highest BCUT2D eigenvalue weighted by Gasteiger charge is 2.28. The van der Waals surface area contributed by atoms with Crippen molar-refractivity contribution in [1.82, 2.24) is 10.2 Å². The third-order valence-corrected chi connectivity index (χ3v) is 4.72. The van der Waals surface area contributed by atoms with Crippen LogP contribution in [0, 0.1) is 5.92 Å². The number of amides is 2. The Morgan fingerprint density at radius 2 is 1.95 bits per heavy atom. The van der Waals surface area contributed by atoms with Crippen molar-refractivity contribution >= 4 is 27.7 Å². The number of likely N-dealkylation sites (tertiary alicyclic amines) is 1. The normalized spacial score (nSPS) is 18.5. The van der Waals surface area contributed by atoms with Crippen LogP contribution < -0.4 is 5.32 Å². The summed E-state index contributed by atoms with van der Waals surface area (Å²) in [6.07, 6.45) is 1.61. The van der Waals surface area contributed by atoms with Gasteiger partial charge in [-0.1, -0.05) is 29.8 Å². The van der Waals surface area contributed by atoms with Crippen LogP contribution >= 0.6 is 15.9 Å². The maximum absolute atomic E-state index is 12.1. The number of piperidine rings is 1. The fraction of sp³-hybridized carbons (Fsp3) is 0.846. The molecule has 1 aliphatic heterocycles. The number of carbonyl (C=O) groups excluding carboxylic acids is 2. The second-order valence-electron chi connectivity index (χ2n) is 5.25. The quantitative estimate of drug-likeness (QED) is 0.767. The van der Waals surface area contributed by atoms with E-state index in [1.807, 2.05) is 18.7 Å². The van der Waals surface area contributed by atoms with E-state index in [0.29, 0.717) is 13.1 Å². The first-order valence-electron chi connectivity index (χ1n) is 6.66. The highest BCUT2D eigenvalue weighted by atomic mass is 79.9. The van der Waals surface area contributed by atoms with E-state index in [1.54, 1.807) is 0 Å². The summed E-state index contributed by atoms with van der Waals surface area (Å²) >= 11 is 3.44. The van der Waals surface area contributed by atoms with E-state index in [2.05, 4.69) is 21.2 Å². The zero-order valence-corrected chi connectivity index (χ0v) is 13.4. The van der Waals surface area contributed by atoms with E-state index in [0.717, 1.165) is 12.8 Å². The summed E-state index contributed by atoms with van der Waals surface area (Å²) in [5.74, 6) is 0.344. The van der Waals surface area contributed by atoms with Crippen molar-refractivity contribution in [3.63, 3.8) is 0 Å². The van der Waals surface area contributed by atoms with Gasteiger partial charge in [0, 0.05) is 26.2 Å². The predicted octanol–water partition coefficient (Wildman–Crippen LogP) is 1.16. The predicted molar refractivity (Wildman–Crippen MR) is 77.2 cm³/mol. The summed E-state index contributed by atoms with van der Waals surface area (Å²) in [5.41, 5.74) is 0. The molecule has 1 rings (SSSR count). The molecule has 0 aromatic heterocycles. The van der Waals surface area contributed by atoms with Crippen molar-refractivity contribution < 1.29 is 14.3 Å². The van der Waals surface area contributed by atoms with Crippen molar-refractivity contribution in [2.24, 2.45) is 5.92 Å². The molecule has 1 saturated heterocycles. The van der Waals surface area contributed by atoms with Crippen LogP contribution in [0.3, 0.4) is 0 Å². The van der Waals surface area contributed by atoms with Crippen molar-refractivity contribution in [3.8, 4) is 0 Å². The molecule has 0 radical (unpaired) electrons. The fourth-order valence-electron chi connectivity index (χ4n) is 2.10. The third kappa shape index (κ3) is 5.10. The molecule has 0 aliphatic carbocycles. The lowest BCUT2D eigenvalue weighted by molar-refractivity contribution is -0.132. The van der Waals surface area contributed by atoms with Gasteiger partial charge >= 0.3 is 0 Å². The van der Waals surface area contributed by atoms with Gasteiger partial charge in [-0.3, -0.25) is 9.59 Å². The standard InChI is InChI=1S/C13H23BrN2O3/c1-9(2)12(14)13(18)16-6-4-10(5-7-16)15-11(17)8-19-3/h9-10,12H,4-8H2,1-3H3,(H,15,17). The number of alkyl halides is 1. The van der Waals surface area contributed by atoms with Crippen LogP contribution in [0.15, 0.2) is 0 Å². The fourth-order valence-corrected chi connectivity index (χ4v) is 2.39. The van der Waals surface area contributed by atoms with Crippen LogP contribution in [-0.4, -0.2) is 54.4 Å². The molecule has 1 heterocycles. The van der Waals surface area contributed by atoms with Gasteiger partial charge in [-0.05, 0) is 18.8 Å². The minimum absolute atomic E-state index is 0.0900. The van der Waals surface area contributed by atoms with Gasteiger partial charge < -0.3 is 15.0 Å². The van der Waals surface area contributed by atoms with E-state index in [4.69, 9.17) is 4.74 Å². The lowest BCUT2D eigenvalue weighted by Crippen LogP contribution is -2.49. The van der Waals surface area contributed by atoms with Gasteiger partial charge in [-0.2, -0.15) is 0 Å². The van der Waals surface area contributed by atoms with Gasteiger partial charge in [-0.15, -0.1) is 0 Å². The van der Waals surface area contributed by atoms with Crippen LogP contribution in [0.5, 0.6) is 0 Å². The minimum atomic E-state index is -0.118. The zero-order valence-electron chi connectivity index (χ0n) is 11.8. The van der Waals surface area contributed by atoms with Crippen molar-refractivity contribution in [2.75, 3.05) is 26.8 Å². The number of hydrogen-bond donors (Lipinski definition) is 1. The number of carbonyl (C=O) groups is 2. The molecule has 0 saturated carbocycles. The monoisotopic (exact) mass is 334 g/mol. The van der Waals surface area contributed by atoms with E-state index in [-0.39, 0.29) is 35.2 Å². The van der Waals surface area contributed by atoms with Gasteiger partial charge in [0.05, 0.1) is 4.83 Å². The molecular weight excluding hydrogens is 312 g/mol. The highest BCUT2D eigenvalue weighted by molar-refractivity contribution is 9.10. The van der Waals surface area contributed by atoms with Crippen LogP contribution in [0.4, 0.5) is 0 Å². The van der Waals surface area contributed by atoms with E-state index < -0.39 is 0 Å². The Kier molecular flexibility index (Phi) is 6.79. The Morgan fingerprint density at radius 3 is 2.42 bits per heavy atom. The molecule has 1 unspecified atom stereocenters. The molecular formula is C13H23BrN2O3. The van der Waals surface area contributed by atoms with E-state index >= 15 is 0 Å². The Labute approximate surface area is 123 Å². The summed E-state index contributed by atoms with van der Waals surface area (Å²) in [6, 6.07) is 0.152. The number of nitrogens with one attached hydrogen (secondary N) is 1. The summed E-state index contributed by atoms with van der Waals surface area (Å²) in [6.45, 7) is 5.54. The van der Waals surface area contributed by atoms with Crippen LogP contribution in [0.25, 0.3) is 0 Å². The molecule has 1 fully saturated rings. The summed E-state index contributed by atoms with van der Waals surface area (Å²) in [7, 11) is 1.50. The molecule has 0 bridgehead atoms. The Morgan fingerprint density at radius 1 is 1.37 bits per heavy atom. The lowest BCUT2D eigenvalue weighted by atomic mass is 10.0. The average molecular weight is 335 g/mol. The molecule has 1 N–H and O–H groups in total. The smallest absolute Gasteiger partial charge is 0.246 e. The SMILES string of the molecule is COCC(=O)NC1CCN(C(=O)C(Br)C(C)C)CC1. The molecule has 5 nitrogen and oxygen atoms in total. The molecule has 19 heavy (non-hydrogen) atoms. The highest BCUT2D eigenvalue weighted by Crippen LogP contribution is 2.18. The molecule has 0 aromatic carbocycles. The Bertz CT molecular complexity index is 315. The number of methoxy groups -OCH3 is 1. The van der Waals surface area contributed by atoms with Gasteiger partial charge in [-0.25, -0.2) is 0 Å². The molecule has 1 aliphatic rings. The van der Waals surface area contributed by atoms with E-state index in [1.165, 1.54) is 7.11 Å². The Balaban J connectivity index is 2.36. The number of hydrogen-bond acceptors (Lipinski definition) is 3. The van der Waals surface area contributed by atoms with Crippen molar-refractivity contribution in [1.29, 1.82) is 0 Å². The van der Waals surface area contributed by atoms with Crippen molar-refractivity contribution in [3.05, 3.63) is 0 Å². The van der Waals surface area contributed by atoms with E-state index in [9.17, 15) is 9.59 Å². The first-order chi connectivity index (χ1) is 8.95. The first kappa shape index (κ1) is 16.4. The minimum Gasteiger partial charge on any atom is -0.375 e. The molecule has 0 aromatic rings. The summed E-state index contributed by atoms with van der Waals surface area (Å²) in [4.78, 5) is 25.3. The maximum atomic E-state index is 12.1. The molecule has 0 spiro atoms. The Hall–Kier alpha value is -0.620. The number of nitrogens with zero attached hydrogens (tertiary/aromatic N) is 1. The summed E-state index contributed by atoms with van der Waals surface area (Å²) in [5, 5.41) is 2.92. The van der Waals surface area contributed by atoms with Gasteiger partial charge in [0.25, 0.3) is 0 Å². The molecule has 110 valence electrons. The van der Waals surface area contributed by atoms with Gasteiger partial charge in [0.15, 0.2) is 0 Å². The third-order valence-electron chi connectivity index (χ3n) is 3.27. The summed E-state index contributed by atoms with van der Waals surface area (Å²) < 4.78 is 4.78. The maximum Gasteiger partial charge on any atom is 0.246 e. The van der Waals surface area contributed by atoms with Crippen LogP contribution in [0.1, 0.15) is 26.7 Å². The first-order valence-corrected chi connectivity index (χ1v) is 7.58. The average Bonchev–Trinajstić information content (AvgIpc) is 2.38. The zero-order chi connectivity index (χ0) is 14.4. The molecule has 1 atom stereocenters. The van der Waals surface area contributed by atoms with Crippen LogP contribution in [0.2, 0.25) is 0 Å². The number of halogens is 1. The number of rotatable bonds is 5. The second-order valence-corrected chi connectivity index (χ2v) is 6.23. The van der Waals surface area contributed by atoms with Crippen LogP contribution in [-0.2, 0) is 14.3 Å². The second kappa shape index (κ2) is 7.85. The largest absolute Gasteiger partial charge is 0.375 e.